The van der Waals surface area contributed by atoms with Gasteiger partial charge in [0.05, 0.1) is 6.04 Å². The number of benzene rings is 2. The molecular formula is C26H35FN4O. The lowest BCUT2D eigenvalue weighted by Gasteiger charge is -2.38. The molecule has 2 aliphatic rings. The maximum atomic E-state index is 14.0. The number of hydrogen-bond donors (Lipinski definition) is 2. The third kappa shape index (κ3) is 5.48. The van der Waals surface area contributed by atoms with Gasteiger partial charge in [0.2, 0.25) is 0 Å². The quantitative estimate of drug-likeness (QED) is 0.509. The predicted molar refractivity (Wildman–Crippen MR) is 127 cm³/mol. The number of likely N-dealkylation sites (tertiary alicyclic amines) is 1. The molecule has 0 amide bonds. The van der Waals surface area contributed by atoms with E-state index in [2.05, 4.69) is 50.9 Å². The van der Waals surface area contributed by atoms with Crippen molar-refractivity contribution in [3.63, 3.8) is 0 Å². The van der Waals surface area contributed by atoms with Crippen molar-refractivity contribution < 1.29 is 9.13 Å². The Hall–Kier alpha value is -2.44. The zero-order valence-corrected chi connectivity index (χ0v) is 19.0. The highest BCUT2D eigenvalue weighted by molar-refractivity contribution is 5.79. The lowest BCUT2D eigenvalue weighted by Crippen LogP contribution is -2.49. The van der Waals surface area contributed by atoms with Crippen LogP contribution in [0, 0.1) is 5.82 Å². The Balaban J connectivity index is 1.43. The number of halogens is 1. The molecular weight excluding hydrogens is 403 g/mol. The average Bonchev–Trinajstić information content (AvgIpc) is 3.37. The normalized spacial score (nSPS) is 20.1. The van der Waals surface area contributed by atoms with E-state index in [1.807, 2.05) is 13.1 Å². The standard InChI is InChI=1S/C26H35FN4O/c1-28-25(29-19-24(31-14-5-6-15-31)21-8-3-2-4-9-21)30-20-26(12-16-32-17-13-26)22-10-7-11-23(27)18-22/h2-4,7-11,18,24H,5-6,12-17,19-20H2,1H3,(H2,28,29,30). The smallest absolute Gasteiger partial charge is 0.191 e. The summed E-state index contributed by atoms with van der Waals surface area (Å²) >= 11 is 0. The minimum Gasteiger partial charge on any atom is -0.381 e. The summed E-state index contributed by atoms with van der Waals surface area (Å²) in [5.41, 5.74) is 2.20. The number of nitrogens with zero attached hydrogens (tertiary/aromatic N) is 2. The monoisotopic (exact) mass is 438 g/mol. The molecule has 0 spiro atoms. The molecule has 4 rings (SSSR count). The molecule has 6 heteroatoms. The van der Waals surface area contributed by atoms with E-state index in [4.69, 9.17) is 4.74 Å². The van der Waals surface area contributed by atoms with Crippen LogP contribution in [0.1, 0.15) is 42.9 Å². The molecule has 0 bridgehead atoms. The molecule has 0 aliphatic carbocycles. The van der Waals surface area contributed by atoms with E-state index in [9.17, 15) is 4.39 Å². The topological polar surface area (TPSA) is 48.9 Å². The lowest BCUT2D eigenvalue weighted by molar-refractivity contribution is 0.0512. The van der Waals surface area contributed by atoms with E-state index in [1.54, 1.807) is 12.1 Å². The zero-order valence-electron chi connectivity index (χ0n) is 19.0. The number of ether oxygens (including phenoxy) is 1. The molecule has 2 heterocycles. The molecule has 2 fully saturated rings. The summed E-state index contributed by atoms with van der Waals surface area (Å²) in [5.74, 6) is 0.597. The highest BCUT2D eigenvalue weighted by atomic mass is 19.1. The Morgan fingerprint density at radius 2 is 1.81 bits per heavy atom. The molecule has 1 atom stereocenters. The van der Waals surface area contributed by atoms with Gasteiger partial charge in [0.15, 0.2) is 5.96 Å². The van der Waals surface area contributed by atoms with Crippen LogP contribution >= 0.6 is 0 Å². The molecule has 2 N–H and O–H groups in total. The van der Waals surface area contributed by atoms with Gasteiger partial charge in [-0.15, -0.1) is 0 Å². The number of aliphatic imine (C=N–C) groups is 1. The van der Waals surface area contributed by atoms with Crippen molar-refractivity contribution in [1.29, 1.82) is 0 Å². The Morgan fingerprint density at radius 1 is 1.06 bits per heavy atom. The largest absolute Gasteiger partial charge is 0.381 e. The Kier molecular flexibility index (Phi) is 7.76. The molecule has 0 radical (unpaired) electrons. The van der Waals surface area contributed by atoms with Gasteiger partial charge in [-0.3, -0.25) is 9.89 Å². The van der Waals surface area contributed by atoms with Crippen molar-refractivity contribution in [2.24, 2.45) is 4.99 Å². The van der Waals surface area contributed by atoms with E-state index < -0.39 is 0 Å². The number of rotatable bonds is 7. The van der Waals surface area contributed by atoms with E-state index in [1.165, 1.54) is 24.5 Å². The molecule has 2 saturated heterocycles. The van der Waals surface area contributed by atoms with Crippen LogP contribution in [0.2, 0.25) is 0 Å². The second-order valence-corrected chi connectivity index (χ2v) is 8.88. The molecule has 2 aromatic carbocycles. The van der Waals surface area contributed by atoms with Gasteiger partial charge in [-0.2, -0.15) is 0 Å². The Bertz CT molecular complexity index is 876. The third-order valence-electron chi connectivity index (χ3n) is 6.93. The maximum Gasteiger partial charge on any atom is 0.191 e. The average molecular weight is 439 g/mol. The molecule has 0 saturated carbocycles. The molecule has 1 unspecified atom stereocenters. The molecule has 0 aromatic heterocycles. The van der Waals surface area contributed by atoms with Crippen molar-refractivity contribution in [3.05, 3.63) is 71.5 Å². The summed E-state index contributed by atoms with van der Waals surface area (Å²) < 4.78 is 19.6. The zero-order chi connectivity index (χ0) is 22.2. The highest BCUT2D eigenvalue weighted by Gasteiger charge is 2.35. The van der Waals surface area contributed by atoms with E-state index in [0.717, 1.165) is 44.0 Å². The van der Waals surface area contributed by atoms with Crippen molar-refractivity contribution in [2.45, 2.75) is 37.1 Å². The van der Waals surface area contributed by atoms with E-state index >= 15 is 0 Å². The van der Waals surface area contributed by atoms with Crippen molar-refractivity contribution in [1.82, 2.24) is 15.5 Å². The molecule has 2 aromatic rings. The van der Waals surface area contributed by atoms with Gasteiger partial charge in [0.1, 0.15) is 5.82 Å². The number of nitrogens with one attached hydrogen (secondary N) is 2. The lowest BCUT2D eigenvalue weighted by atomic mass is 9.74. The van der Waals surface area contributed by atoms with Crippen molar-refractivity contribution in [3.8, 4) is 0 Å². The van der Waals surface area contributed by atoms with Gasteiger partial charge in [0.25, 0.3) is 0 Å². The Morgan fingerprint density at radius 3 is 2.50 bits per heavy atom. The van der Waals surface area contributed by atoms with E-state index in [0.29, 0.717) is 25.8 Å². The van der Waals surface area contributed by atoms with Crippen LogP contribution in [-0.4, -0.2) is 57.3 Å². The van der Waals surface area contributed by atoms with Gasteiger partial charge in [-0.25, -0.2) is 4.39 Å². The fraction of sp³-hybridized carbons (Fsp3) is 0.500. The van der Waals surface area contributed by atoms with Gasteiger partial charge in [-0.1, -0.05) is 42.5 Å². The Labute approximate surface area is 191 Å². The SMILES string of the molecule is CN=C(NCC(c1ccccc1)N1CCCC1)NCC1(c2cccc(F)c2)CCOCC1. The second-order valence-electron chi connectivity index (χ2n) is 8.88. The molecule has 5 nitrogen and oxygen atoms in total. The van der Waals surface area contributed by atoms with Crippen LogP contribution in [0.25, 0.3) is 0 Å². The molecule has 2 aliphatic heterocycles. The van der Waals surface area contributed by atoms with Gasteiger partial charge >= 0.3 is 0 Å². The minimum absolute atomic E-state index is 0.161. The van der Waals surface area contributed by atoms with Crippen molar-refractivity contribution in [2.75, 3.05) is 46.4 Å². The van der Waals surface area contributed by atoms with Crippen LogP contribution in [0.3, 0.4) is 0 Å². The fourth-order valence-electron chi connectivity index (χ4n) is 5.00. The minimum atomic E-state index is -0.188. The van der Waals surface area contributed by atoms with Gasteiger partial charge in [-0.05, 0) is 62.0 Å². The predicted octanol–water partition coefficient (Wildman–Crippen LogP) is 3.88. The first-order valence-corrected chi connectivity index (χ1v) is 11.8. The third-order valence-corrected chi connectivity index (χ3v) is 6.93. The number of hydrogen-bond acceptors (Lipinski definition) is 3. The van der Waals surface area contributed by atoms with E-state index in [-0.39, 0.29) is 11.2 Å². The maximum absolute atomic E-state index is 14.0. The summed E-state index contributed by atoms with van der Waals surface area (Å²) in [6, 6.07) is 18.0. The summed E-state index contributed by atoms with van der Waals surface area (Å²) in [6.07, 6.45) is 4.24. The fourth-order valence-corrected chi connectivity index (χ4v) is 5.00. The van der Waals surface area contributed by atoms with Crippen LogP contribution in [0.15, 0.2) is 59.6 Å². The molecule has 32 heavy (non-hydrogen) atoms. The highest BCUT2D eigenvalue weighted by Crippen LogP contribution is 2.34. The second kappa shape index (κ2) is 10.9. The van der Waals surface area contributed by atoms with Crippen molar-refractivity contribution >= 4 is 5.96 Å². The summed E-state index contributed by atoms with van der Waals surface area (Å²) in [6.45, 7) is 5.13. The first-order valence-electron chi connectivity index (χ1n) is 11.8. The summed E-state index contributed by atoms with van der Waals surface area (Å²) in [5, 5.41) is 7.09. The number of guanidine groups is 1. The van der Waals surface area contributed by atoms with Crippen LogP contribution < -0.4 is 10.6 Å². The van der Waals surface area contributed by atoms with Crippen LogP contribution in [0.5, 0.6) is 0 Å². The first-order chi connectivity index (χ1) is 15.7. The molecule has 172 valence electrons. The van der Waals surface area contributed by atoms with Gasteiger partial charge in [0, 0.05) is 38.8 Å². The van der Waals surface area contributed by atoms with Gasteiger partial charge < -0.3 is 15.4 Å². The van der Waals surface area contributed by atoms with Crippen LogP contribution in [-0.2, 0) is 10.2 Å². The summed E-state index contributed by atoms with van der Waals surface area (Å²) in [4.78, 5) is 7.04. The van der Waals surface area contributed by atoms with Crippen LogP contribution in [0.4, 0.5) is 4.39 Å². The first kappa shape index (κ1) is 22.7. The summed E-state index contributed by atoms with van der Waals surface area (Å²) in [7, 11) is 1.81.